The molecule has 0 fully saturated rings. The summed E-state index contributed by atoms with van der Waals surface area (Å²) in [6.07, 6.45) is -4.40. The van der Waals surface area contributed by atoms with E-state index in [9.17, 15) is 18.0 Å². The lowest BCUT2D eigenvalue weighted by molar-refractivity contribution is -0.136. The lowest BCUT2D eigenvalue weighted by Gasteiger charge is -2.15. The first-order valence-electron chi connectivity index (χ1n) is 9.55. The van der Waals surface area contributed by atoms with Crippen molar-refractivity contribution in [2.45, 2.75) is 19.5 Å². The molecule has 4 aromatic rings. The molecular weight excluding hydrogens is 403 g/mol. The lowest BCUT2D eigenvalue weighted by atomic mass is 9.95. The van der Waals surface area contributed by atoms with Gasteiger partial charge in [0.15, 0.2) is 0 Å². The third kappa shape index (κ3) is 4.12. The third-order valence-corrected chi connectivity index (χ3v) is 4.97. The van der Waals surface area contributed by atoms with Crippen molar-refractivity contribution in [2.75, 3.05) is 0 Å². The van der Waals surface area contributed by atoms with Crippen LogP contribution in [0.3, 0.4) is 0 Å². The van der Waals surface area contributed by atoms with Gasteiger partial charge in [0, 0.05) is 5.56 Å². The van der Waals surface area contributed by atoms with Crippen LogP contribution >= 0.6 is 0 Å². The quantitative estimate of drug-likeness (QED) is 0.485. The van der Waals surface area contributed by atoms with Gasteiger partial charge in [0.1, 0.15) is 5.52 Å². The number of hydrogen-bond acceptors (Lipinski definition) is 3. The average Bonchev–Trinajstić information content (AvgIpc) is 2.72. The van der Waals surface area contributed by atoms with E-state index in [4.69, 9.17) is 5.73 Å². The Kier molecular flexibility index (Phi) is 5.19. The van der Waals surface area contributed by atoms with Gasteiger partial charge in [0.25, 0.3) is 0 Å². The second kappa shape index (κ2) is 7.83. The van der Waals surface area contributed by atoms with Gasteiger partial charge in [-0.15, -0.1) is 0 Å². The van der Waals surface area contributed by atoms with Crippen LogP contribution in [0.25, 0.3) is 33.4 Å². The molecule has 3 aromatic carbocycles. The fourth-order valence-electron chi connectivity index (χ4n) is 3.64. The maximum absolute atomic E-state index is 13.4. The lowest BCUT2D eigenvalue weighted by Crippen LogP contribution is -2.13. The molecule has 1 aromatic heterocycles. The number of aryl methyl sites for hydroxylation is 1. The van der Waals surface area contributed by atoms with Crippen molar-refractivity contribution in [1.29, 1.82) is 0 Å². The molecule has 0 atom stereocenters. The summed E-state index contributed by atoms with van der Waals surface area (Å²) in [4.78, 5) is 20.1. The number of fused-ring (bicyclic) bond motifs is 1. The summed E-state index contributed by atoms with van der Waals surface area (Å²) in [5.41, 5.74) is 8.60. The predicted molar refractivity (Wildman–Crippen MR) is 113 cm³/mol. The molecule has 0 aliphatic rings. The Hall–Kier alpha value is -3.74. The van der Waals surface area contributed by atoms with Gasteiger partial charge in [0.2, 0.25) is 5.91 Å². The van der Waals surface area contributed by atoms with E-state index >= 15 is 0 Å². The summed E-state index contributed by atoms with van der Waals surface area (Å²) < 4.78 is 40.2. The molecule has 2 N–H and O–H groups in total. The number of primary amides is 1. The fraction of sp³-hybridized carbons (Fsp3) is 0.125. The highest BCUT2D eigenvalue weighted by Gasteiger charge is 2.33. The number of rotatable bonds is 4. The highest BCUT2D eigenvalue weighted by molar-refractivity contribution is 5.87. The van der Waals surface area contributed by atoms with Crippen molar-refractivity contribution in [1.82, 2.24) is 9.97 Å². The van der Waals surface area contributed by atoms with Gasteiger partial charge in [-0.1, -0.05) is 54.6 Å². The highest BCUT2D eigenvalue weighted by Crippen LogP contribution is 2.37. The summed E-state index contributed by atoms with van der Waals surface area (Å²) in [6, 6.07) is 18.7. The Morgan fingerprint density at radius 2 is 1.65 bits per heavy atom. The van der Waals surface area contributed by atoms with Gasteiger partial charge in [-0.25, -0.2) is 9.97 Å². The number of aromatic nitrogens is 2. The Labute approximate surface area is 176 Å². The first-order valence-corrected chi connectivity index (χ1v) is 9.55. The zero-order valence-electron chi connectivity index (χ0n) is 16.6. The van der Waals surface area contributed by atoms with Crippen LogP contribution in [0.15, 0.2) is 66.7 Å². The summed E-state index contributed by atoms with van der Waals surface area (Å²) in [5.74, 6) is -0.429. The van der Waals surface area contributed by atoms with E-state index in [-0.39, 0.29) is 17.5 Å². The second-order valence-corrected chi connectivity index (χ2v) is 7.22. The Morgan fingerprint density at radius 1 is 0.935 bits per heavy atom. The molecular formula is C24H18F3N3O. The van der Waals surface area contributed by atoms with Gasteiger partial charge in [-0.3, -0.25) is 4.79 Å². The summed E-state index contributed by atoms with van der Waals surface area (Å²) in [6.45, 7) is 1.65. The molecule has 0 saturated carbocycles. The smallest absolute Gasteiger partial charge is 0.369 e. The standard InChI is InChI=1S/C24H18F3N3O/c1-14-22(30-20-11-5-10-19(23(20)29-14)24(25,26)27)18-9-3-2-8-17(18)16-7-4-6-15(12-16)13-21(28)31/h2-12H,13H2,1H3,(H2,28,31). The molecule has 1 amide bonds. The van der Waals surface area contributed by atoms with Gasteiger partial charge in [0.05, 0.1) is 28.9 Å². The fourth-order valence-corrected chi connectivity index (χ4v) is 3.64. The topological polar surface area (TPSA) is 68.9 Å². The van der Waals surface area contributed by atoms with Crippen LogP contribution in [0.5, 0.6) is 0 Å². The Morgan fingerprint density at radius 3 is 2.35 bits per heavy atom. The van der Waals surface area contributed by atoms with Crippen molar-refractivity contribution in [2.24, 2.45) is 5.73 Å². The van der Waals surface area contributed by atoms with Crippen LogP contribution in [0.2, 0.25) is 0 Å². The van der Waals surface area contributed by atoms with Crippen molar-refractivity contribution in [3.63, 3.8) is 0 Å². The molecule has 0 radical (unpaired) electrons. The molecule has 0 saturated heterocycles. The number of nitrogens with two attached hydrogens (primary N) is 1. The molecule has 0 spiro atoms. The van der Waals surface area contributed by atoms with Crippen molar-refractivity contribution < 1.29 is 18.0 Å². The molecule has 0 unspecified atom stereocenters. The maximum atomic E-state index is 13.4. The Balaban J connectivity index is 1.89. The van der Waals surface area contributed by atoms with E-state index < -0.39 is 17.6 Å². The third-order valence-electron chi connectivity index (χ3n) is 4.97. The van der Waals surface area contributed by atoms with E-state index in [1.165, 1.54) is 12.1 Å². The van der Waals surface area contributed by atoms with Gasteiger partial charge in [-0.2, -0.15) is 13.2 Å². The zero-order valence-corrected chi connectivity index (χ0v) is 16.6. The number of nitrogens with zero attached hydrogens (tertiary/aromatic N) is 2. The molecule has 4 rings (SSSR count). The number of alkyl halides is 3. The van der Waals surface area contributed by atoms with E-state index in [0.717, 1.165) is 28.3 Å². The van der Waals surface area contributed by atoms with Crippen LogP contribution in [0.1, 0.15) is 16.8 Å². The van der Waals surface area contributed by atoms with E-state index in [2.05, 4.69) is 9.97 Å². The number of hydrogen-bond donors (Lipinski definition) is 1. The molecule has 0 aliphatic carbocycles. The maximum Gasteiger partial charge on any atom is 0.418 e. The number of para-hydroxylation sites is 1. The number of amides is 1. The van der Waals surface area contributed by atoms with E-state index in [0.29, 0.717) is 11.4 Å². The van der Waals surface area contributed by atoms with Crippen molar-refractivity contribution in [3.8, 4) is 22.4 Å². The monoisotopic (exact) mass is 421 g/mol. The second-order valence-electron chi connectivity index (χ2n) is 7.22. The normalized spacial score (nSPS) is 11.6. The minimum Gasteiger partial charge on any atom is -0.369 e. The minimum atomic E-state index is -4.51. The van der Waals surface area contributed by atoms with Gasteiger partial charge in [-0.05, 0) is 35.7 Å². The van der Waals surface area contributed by atoms with Crippen molar-refractivity contribution >= 4 is 16.9 Å². The number of benzene rings is 3. The molecule has 7 heteroatoms. The average molecular weight is 421 g/mol. The van der Waals surface area contributed by atoms with Crippen LogP contribution < -0.4 is 5.73 Å². The number of halogens is 3. The molecule has 31 heavy (non-hydrogen) atoms. The summed E-state index contributed by atoms with van der Waals surface area (Å²) in [5, 5.41) is 0. The highest BCUT2D eigenvalue weighted by atomic mass is 19.4. The SMILES string of the molecule is Cc1nc2c(C(F)(F)F)cccc2nc1-c1ccccc1-c1cccc(CC(N)=O)c1. The van der Waals surface area contributed by atoms with Crippen molar-refractivity contribution in [3.05, 3.63) is 83.6 Å². The van der Waals surface area contributed by atoms with Gasteiger partial charge < -0.3 is 5.73 Å². The first kappa shape index (κ1) is 20.5. The van der Waals surface area contributed by atoms with Gasteiger partial charge >= 0.3 is 6.18 Å². The Bertz CT molecular complexity index is 1300. The van der Waals surface area contributed by atoms with Crippen LogP contribution in [0, 0.1) is 6.92 Å². The molecule has 4 nitrogen and oxygen atoms in total. The zero-order chi connectivity index (χ0) is 22.2. The summed E-state index contributed by atoms with van der Waals surface area (Å²) >= 11 is 0. The number of carbonyl (C=O) groups is 1. The van der Waals surface area contributed by atoms with E-state index in [1.807, 2.05) is 48.5 Å². The van der Waals surface area contributed by atoms with Crippen LogP contribution in [-0.2, 0) is 17.4 Å². The molecule has 1 heterocycles. The summed E-state index contributed by atoms with van der Waals surface area (Å²) in [7, 11) is 0. The number of carbonyl (C=O) groups excluding carboxylic acids is 1. The van der Waals surface area contributed by atoms with Crippen LogP contribution in [-0.4, -0.2) is 15.9 Å². The van der Waals surface area contributed by atoms with Crippen LogP contribution in [0.4, 0.5) is 13.2 Å². The van der Waals surface area contributed by atoms with E-state index in [1.54, 1.807) is 6.92 Å². The largest absolute Gasteiger partial charge is 0.418 e. The minimum absolute atomic E-state index is 0.116. The first-order chi connectivity index (χ1) is 14.7. The molecule has 0 aliphatic heterocycles. The predicted octanol–water partition coefficient (Wildman–Crippen LogP) is 5.32. The molecule has 156 valence electrons. The molecule has 0 bridgehead atoms.